The third kappa shape index (κ3) is 2.74. The fourth-order valence-electron chi connectivity index (χ4n) is 1.71. The van der Waals surface area contributed by atoms with Crippen molar-refractivity contribution in [2.45, 2.75) is 6.04 Å². The van der Waals surface area contributed by atoms with E-state index in [2.05, 4.69) is 4.98 Å². The van der Waals surface area contributed by atoms with Crippen molar-refractivity contribution in [1.82, 2.24) is 4.98 Å². The van der Waals surface area contributed by atoms with Crippen molar-refractivity contribution in [3.05, 3.63) is 49.1 Å². The summed E-state index contributed by atoms with van der Waals surface area (Å²) in [6.45, 7) is 0. The van der Waals surface area contributed by atoms with Gasteiger partial charge in [0.15, 0.2) is 12.4 Å². The van der Waals surface area contributed by atoms with Crippen molar-refractivity contribution in [3.63, 3.8) is 0 Å². The van der Waals surface area contributed by atoms with Gasteiger partial charge in [-0.3, -0.25) is 4.98 Å². The lowest BCUT2D eigenvalue weighted by Crippen LogP contribution is -2.47. The molecule has 0 aliphatic carbocycles. The largest absolute Gasteiger partial charge is 0.476 e. The van der Waals surface area contributed by atoms with Crippen LogP contribution < -0.4 is 4.57 Å². The molecule has 0 aromatic carbocycles. The minimum absolute atomic E-state index is 0.855. The Bertz CT molecular complexity index is 582. The quantitative estimate of drug-likeness (QED) is 0.624. The van der Waals surface area contributed by atoms with E-state index in [0.29, 0.717) is 0 Å². The van der Waals surface area contributed by atoms with Gasteiger partial charge in [0.05, 0.1) is 0 Å². The minimum Gasteiger partial charge on any atom is -0.476 e. The summed E-state index contributed by atoms with van der Waals surface area (Å²) in [4.78, 5) is 25.7. The van der Waals surface area contributed by atoms with Crippen molar-refractivity contribution in [1.29, 1.82) is 0 Å². The van der Waals surface area contributed by atoms with E-state index in [-0.39, 0.29) is 0 Å². The third-order valence-corrected chi connectivity index (χ3v) is 2.63. The van der Waals surface area contributed by atoms with E-state index in [1.54, 1.807) is 24.5 Å². The summed E-state index contributed by atoms with van der Waals surface area (Å²) in [7, 11) is 0. The number of nitrogens with zero attached hydrogens (tertiary/aromatic N) is 2. The molecule has 0 bridgehead atoms. The zero-order chi connectivity index (χ0) is 13.8. The molecule has 2 aromatic rings. The molecule has 2 rings (SSSR count). The zero-order valence-electron chi connectivity index (χ0n) is 9.80. The van der Waals surface area contributed by atoms with Crippen LogP contribution in [0.5, 0.6) is 0 Å². The van der Waals surface area contributed by atoms with Gasteiger partial charge in [-0.25, -0.2) is 9.59 Å². The molecule has 0 aliphatic heterocycles. The highest BCUT2D eigenvalue weighted by atomic mass is 16.4. The SMILES string of the molecule is O=C(O)C(C(=O)O)[n+]1ccc(-c2ccncc2)cc1. The molecule has 0 amide bonds. The zero-order valence-corrected chi connectivity index (χ0v) is 9.80. The number of hydrogen-bond donors (Lipinski definition) is 2. The van der Waals surface area contributed by atoms with Crippen LogP contribution in [0.3, 0.4) is 0 Å². The highest BCUT2D eigenvalue weighted by molar-refractivity contribution is 5.92. The van der Waals surface area contributed by atoms with Crippen LogP contribution in [0.15, 0.2) is 49.1 Å². The molecule has 0 radical (unpaired) electrons. The molecule has 19 heavy (non-hydrogen) atoms. The molecule has 0 atom stereocenters. The second-order valence-corrected chi connectivity index (χ2v) is 3.85. The van der Waals surface area contributed by atoms with Crippen LogP contribution in [0.4, 0.5) is 0 Å². The van der Waals surface area contributed by atoms with Gasteiger partial charge in [-0.05, 0) is 23.3 Å². The number of carboxylic acid groups (broad SMARTS) is 2. The molecule has 2 heterocycles. The van der Waals surface area contributed by atoms with Crippen LogP contribution in [0.1, 0.15) is 6.04 Å². The Morgan fingerprint density at radius 1 is 0.947 bits per heavy atom. The standard InChI is InChI=1S/C13H10N2O4/c16-12(17)11(13(18)19)15-7-3-10(4-8-15)9-1-5-14-6-2-9/h1-8,11H,(H-,16,17,18,19)/p+1. The second-order valence-electron chi connectivity index (χ2n) is 3.85. The lowest BCUT2D eigenvalue weighted by atomic mass is 10.1. The maximum absolute atomic E-state index is 10.9. The summed E-state index contributed by atoms with van der Waals surface area (Å²) < 4.78 is 1.13. The summed E-state index contributed by atoms with van der Waals surface area (Å²) in [5.41, 5.74) is 1.78. The predicted octanol–water partition coefficient (Wildman–Crippen LogP) is 0.746. The van der Waals surface area contributed by atoms with Crippen LogP contribution in [-0.2, 0) is 9.59 Å². The van der Waals surface area contributed by atoms with E-state index in [4.69, 9.17) is 10.2 Å². The Kier molecular flexibility index (Phi) is 3.51. The summed E-state index contributed by atoms with van der Waals surface area (Å²) in [6, 6.07) is 5.32. The van der Waals surface area contributed by atoms with Crippen LogP contribution >= 0.6 is 0 Å². The van der Waals surface area contributed by atoms with Crippen molar-refractivity contribution in [2.75, 3.05) is 0 Å². The van der Waals surface area contributed by atoms with E-state index < -0.39 is 18.0 Å². The fourth-order valence-corrected chi connectivity index (χ4v) is 1.71. The lowest BCUT2D eigenvalue weighted by Gasteiger charge is -2.04. The molecular weight excluding hydrogens is 248 g/mol. The van der Waals surface area contributed by atoms with Gasteiger partial charge in [0.2, 0.25) is 0 Å². The molecule has 0 saturated carbocycles. The molecule has 0 aliphatic rings. The van der Waals surface area contributed by atoms with Crippen LogP contribution in [0, 0.1) is 0 Å². The molecule has 0 unspecified atom stereocenters. The van der Waals surface area contributed by atoms with Gasteiger partial charge in [0.1, 0.15) is 0 Å². The molecule has 0 saturated heterocycles. The number of carboxylic acids is 2. The monoisotopic (exact) mass is 259 g/mol. The average molecular weight is 259 g/mol. The molecule has 96 valence electrons. The van der Waals surface area contributed by atoms with Gasteiger partial charge in [0.25, 0.3) is 0 Å². The Balaban J connectivity index is 2.33. The van der Waals surface area contributed by atoms with Crippen molar-refractivity contribution in [3.8, 4) is 11.1 Å². The van der Waals surface area contributed by atoms with Crippen molar-refractivity contribution >= 4 is 11.9 Å². The van der Waals surface area contributed by atoms with Crippen molar-refractivity contribution in [2.24, 2.45) is 0 Å². The van der Waals surface area contributed by atoms with E-state index in [9.17, 15) is 9.59 Å². The topological polar surface area (TPSA) is 91.4 Å². The van der Waals surface area contributed by atoms with Gasteiger partial charge < -0.3 is 10.2 Å². The third-order valence-electron chi connectivity index (χ3n) is 2.63. The second kappa shape index (κ2) is 5.26. The Morgan fingerprint density at radius 3 is 1.89 bits per heavy atom. The van der Waals surface area contributed by atoms with Gasteiger partial charge in [0, 0.05) is 24.5 Å². The smallest absolute Gasteiger partial charge is 0.385 e. The highest BCUT2D eigenvalue weighted by Crippen LogP contribution is 2.16. The van der Waals surface area contributed by atoms with Gasteiger partial charge >= 0.3 is 18.0 Å². The van der Waals surface area contributed by atoms with Gasteiger partial charge in [-0.2, -0.15) is 4.57 Å². The Labute approximate surface area is 108 Å². The van der Waals surface area contributed by atoms with E-state index in [1.807, 2.05) is 12.1 Å². The van der Waals surface area contributed by atoms with Crippen LogP contribution in [0.2, 0.25) is 0 Å². The summed E-state index contributed by atoms with van der Waals surface area (Å²) in [6.07, 6.45) is 6.16. The molecule has 0 fully saturated rings. The molecule has 2 N–H and O–H groups in total. The predicted molar refractivity (Wildman–Crippen MR) is 64.2 cm³/mol. The number of aromatic nitrogens is 2. The minimum atomic E-state index is -1.62. The van der Waals surface area contributed by atoms with E-state index in [0.717, 1.165) is 15.7 Å². The number of pyridine rings is 2. The van der Waals surface area contributed by atoms with Crippen molar-refractivity contribution < 1.29 is 24.4 Å². The maximum atomic E-state index is 10.9. The van der Waals surface area contributed by atoms with Gasteiger partial charge in [-0.1, -0.05) is 0 Å². The average Bonchev–Trinajstić information content (AvgIpc) is 2.40. The maximum Gasteiger partial charge on any atom is 0.385 e. The number of rotatable bonds is 4. The van der Waals surface area contributed by atoms with Gasteiger partial charge in [-0.15, -0.1) is 0 Å². The summed E-state index contributed by atoms with van der Waals surface area (Å²) in [5.74, 6) is -2.82. The van der Waals surface area contributed by atoms with E-state index in [1.165, 1.54) is 12.4 Å². The molecule has 0 spiro atoms. The van der Waals surface area contributed by atoms with E-state index >= 15 is 0 Å². The fraction of sp³-hybridized carbons (Fsp3) is 0.0769. The van der Waals surface area contributed by atoms with Crippen LogP contribution in [-0.4, -0.2) is 27.1 Å². The highest BCUT2D eigenvalue weighted by Gasteiger charge is 2.35. The molecule has 2 aromatic heterocycles. The molecule has 6 nitrogen and oxygen atoms in total. The molecular formula is C13H11N2O4+. The first-order valence-electron chi connectivity index (χ1n) is 5.46. The lowest BCUT2D eigenvalue weighted by molar-refractivity contribution is -0.699. The number of carbonyl (C=O) groups is 2. The normalized spacial score (nSPS) is 10.4. The first kappa shape index (κ1) is 12.7. The number of aliphatic carboxylic acids is 2. The Hall–Kier alpha value is -2.76. The summed E-state index contributed by atoms with van der Waals surface area (Å²) in [5, 5.41) is 17.7. The first-order chi connectivity index (χ1) is 9.09. The molecule has 6 heteroatoms. The Morgan fingerprint density at radius 2 is 1.42 bits per heavy atom. The first-order valence-corrected chi connectivity index (χ1v) is 5.46. The number of hydrogen-bond acceptors (Lipinski definition) is 3. The summed E-state index contributed by atoms with van der Waals surface area (Å²) >= 11 is 0. The van der Waals surface area contributed by atoms with Crippen LogP contribution in [0.25, 0.3) is 11.1 Å².